The first kappa shape index (κ1) is 20.6. The molecule has 1 aliphatic rings. The maximum atomic E-state index is 12.5. The van der Waals surface area contributed by atoms with Crippen molar-refractivity contribution in [1.82, 2.24) is 0 Å². The number of esters is 1. The van der Waals surface area contributed by atoms with Crippen molar-refractivity contribution in [2.75, 3.05) is 31.6 Å². The van der Waals surface area contributed by atoms with Crippen LogP contribution < -0.4 is 10.2 Å². The number of amides is 1. The first-order valence-electron chi connectivity index (χ1n) is 9.38. The van der Waals surface area contributed by atoms with Gasteiger partial charge in [-0.3, -0.25) is 9.59 Å². The second kappa shape index (κ2) is 9.83. The van der Waals surface area contributed by atoms with E-state index >= 15 is 0 Å². The summed E-state index contributed by atoms with van der Waals surface area (Å²) < 4.78 is 5.10. The Morgan fingerprint density at radius 3 is 2.31 bits per heavy atom. The van der Waals surface area contributed by atoms with E-state index in [-0.39, 0.29) is 18.3 Å². The molecular weight excluding hydrogens is 352 g/mol. The molecule has 1 aliphatic heterocycles. The van der Waals surface area contributed by atoms with Crippen molar-refractivity contribution >= 4 is 34.0 Å². The van der Waals surface area contributed by atoms with Gasteiger partial charge in [0.25, 0.3) is 5.91 Å². The lowest BCUT2D eigenvalue weighted by Gasteiger charge is -2.21. The van der Waals surface area contributed by atoms with E-state index in [0.717, 1.165) is 37.3 Å². The van der Waals surface area contributed by atoms with Gasteiger partial charge in [-0.1, -0.05) is 6.42 Å². The van der Waals surface area contributed by atoms with E-state index in [1.165, 1.54) is 31.1 Å². The lowest BCUT2D eigenvalue weighted by molar-refractivity contribution is -0.892. The minimum Gasteiger partial charge on any atom is -0.462 e. The molecule has 0 aromatic carbocycles. The van der Waals surface area contributed by atoms with Crippen molar-refractivity contribution in [1.29, 1.82) is 0 Å². The number of nitrogens with one attached hydrogen (secondary N) is 2. The van der Waals surface area contributed by atoms with Crippen LogP contribution in [0.5, 0.6) is 0 Å². The lowest BCUT2D eigenvalue weighted by Crippen LogP contribution is -3.13. The number of carbonyl (C=O) groups is 3. The highest BCUT2D eigenvalue weighted by Gasteiger charge is 2.26. The van der Waals surface area contributed by atoms with Crippen LogP contribution in [-0.4, -0.2) is 43.9 Å². The van der Waals surface area contributed by atoms with E-state index in [1.807, 2.05) is 0 Å². The molecule has 0 saturated carbocycles. The number of Topliss-reactive ketones (excluding diaryl/α,β-unsaturated/α-hetero) is 1. The summed E-state index contributed by atoms with van der Waals surface area (Å²) in [5.41, 5.74) is 0.882. The molecule has 1 saturated heterocycles. The monoisotopic (exact) mass is 381 g/mol. The Labute approximate surface area is 158 Å². The van der Waals surface area contributed by atoms with Crippen molar-refractivity contribution in [2.24, 2.45) is 0 Å². The highest BCUT2D eigenvalue weighted by Crippen LogP contribution is 2.34. The zero-order valence-electron chi connectivity index (χ0n) is 15.9. The van der Waals surface area contributed by atoms with Crippen molar-refractivity contribution in [2.45, 2.75) is 52.9 Å². The maximum absolute atomic E-state index is 12.5. The molecule has 2 heterocycles. The number of likely N-dealkylation sites (tertiary alicyclic amines) is 1. The Balaban J connectivity index is 2.13. The molecular formula is C19H29N2O4S+. The summed E-state index contributed by atoms with van der Waals surface area (Å²) in [5.74, 6) is -0.738. The van der Waals surface area contributed by atoms with Crippen LogP contribution >= 0.6 is 11.3 Å². The van der Waals surface area contributed by atoms with Gasteiger partial charge in [-0.05, 0) is 52.0 Å². The standard InChI is InChI=1S/C19H28N2O4S/c1-4-25-19(24)16-13(2)17(14(3)22)26-18(16)20-15(23)12-21-10-8-6-5-7-9-11-21/h4-12H2,1-3H3,(H,20,23)/p+1. The zero-order valence-corrected chi connectivity index (χ0v) is 16.7. The fraction of sp³-hybridized carbons (Fsp3) is 0.632. The highest BCUT2D eigenvalue weighted by atomic mass is 32.1. The summed E-state index contributed by atoms with van der Waals surface area (Å²) in [6, 6.07) is 0. The predicted molar refractivity (Wildman–Crippen MR) is 102 cm³/mol. The topological polar surface area (TPSA) is 76.9 Å². The molecule has 0 bridgehead atoms. The fourth-order valence-electron chi connectivity index (χ4n) is 3.37. The van der Waals surface area contributed by atoms with Gasteiger partial charge in [0, 0.05) is 0 Å². The first-order chi connectivity index (χ1) is 12.4. The summed E-state index contributed by atoms with van der Waals surface area (Å²) in [4.78, 5) is 38.4. The van der Waals surface area contributed by atoms with Crippen molar-refractivity contribution in [3.05, 3.63) is 16.0 Å². The van der Waals surface area contributed by atoms with Crippen LogP contribution in [0.3, 0.4) is 0 Å². The first-order valence-corrected chi connectivity index (χ1v) is 10.2. The lowest BCUT2D eigenvalue weighted by atomic mass is 10.1. The fourth-order valence-corrected chi connectivity index (χ4v) is 4.47. The third-order valence-electron chi connectivity index (χ3n) is 4.67. The number of hydrogen-bond acceptors (Lipinski definition) is 5. The van der Waals surface area contributed by atoms with E-state index in [0.29, 0.717) is 27.5 Å². The van der Waals surface area contributed by atoms with Gasteiger partial charge >= 0.3 is 5.97 Å². The number of quaternary nitrogens is 1. The van der Waals surface area contributed by atoms with Crippen molar-refractivity contribution in [3.63, 3.8) is 0 Å². The minimum absolute atomic E-state index is 0.118. The van der Waals surface area contributed by atoms with Crippen LogP contribution in [0.25, 0.3) is 0 Å². The number of ether oxygens (including phenoxy) is 1. The molecule has 7 heteroatoms. The van der Waals surface area contributed by atoms with Gasteiger partial charge in [-0.15, -0.1) is 11.3 Å². The Kier molecular flexibility index (Phi) is 7.78. The Morgan fingerprint density at radius 2 is 1.73 bits per heavy atom. The van der Waals surface area contributed by atoms with Crippen LogP contribution in [0.2, 0.25) is 0 Å². The molecule has 6 nitrogen and oxygen atoms in total. The molecule has 0 aliphatic carbocycles. The molecule has 0 radical (unpaired) electrons. The van der Waals surface area contributed by atoms with Gasteiger partial charge in [0.2, 0.25) is 0 Å². The highest BCUT2D eigenvalue weighted by molar-refractivity contribution is 7.18. The predicted octanol–water partition coefficient (Wildman–Crippen LogP) is 2.22. The van der Waals surface area contributed by atoms with E-state index < -0.39 is 5.97 Å². The minimum atomic E-state index is -0.498. The molecule has 144 valence electrons. The Bertz CT molecular complexity index is 661. The summed E-state index contributed by atoms with van der Waals surface area (Å²) in [5, 5.41) is 3.27. The average molecular weight is 382 g/mol. The van der Waals surface area contributed by atoms with Crippen LogP contribution in [0.1, 0.15) is 71.5 Å². The van der Waals surface area contributed by atoms with E-state index in [4.69, 9.17) is 4.74 Å². The van der Waals surface area contributed by atoms with Crippen LogP contribution in [0.4, 0.5) is 5.00 Å². The van der Waals surface area contributed by atoms with E-state index in [2.05, 4.69) is 5.32 Å². The van der Waals surface area contributed by atoms with Gasteiger partial charge < -0.3 is 15.0 Å². The SMILES string of the molecule is CCOC(=O)c1c(NC(=O)C[NH+]2CCCCCCC2)sc(C(C)=O)c1C. The molecule has 1 aromatic heterocycles. The third-order valence-corrected chi connectivity index (χ3v) is 5.98. The smallest absolute Gasteiger partial charge is 0.341 e. The Morgan fingerprint density at radius 1 is 1.12 bits per heavy atom. The zero-order chi connectivity index (χ0) is 19.1. The van der Waals surface area contributed by atoms with E-state index in [9.17, 15) is 14.4 Å². The third kappa shape index (κ3) is 5.38. The van der Waals surface area contributed by atoms with E-state index in [1.54, 1.807) is 13.8 Å². The molecule has 0 spiro atoms. The summed E-state index contributed by atoms with van der Waals surface area (Å²) in [6.07, 6.45) is 6.02. The van der Waals surface area contributed by atoms with Crippen LogP contribution in [0, 0.1) is 6.92 Å². The summed E-state index contributed by atoms with van der Waals surface area (Å²) in [7, 11) is 0. The quantitative estimate of drug-likeness (QED) is 0.585. The van der Waals surface area contributed by atoms with Crippen LogP contribution in [0.15, 0.2) is 0 Å². The van der Waals surface area contributed by atoms with Gasteiger partial charge in [0.05, 0.1) is 30.1 Å². The van der Waals surface area contributed by atoms with Crippen LogP contribution in [-0.2, 0) is 9.53 Å². The maximum Gasteiger partial charge on any atom is 0.341 e. The molecule has 1 fully saturated rings. The molecule has 0 atom stereocenters. The molecule has 2 rings (SSSR count). The molecule has 0 unspecified atom stereocenters. The van der Waals surface area contributed by atoms with Crippen molar-refractivity contribution in [3.8, 4) is 0 Å². The van der Waals surface area contributed by atoms with Gasteiger partial charge in [0.1, 0.15) is 5.00 Å². The number of ketones is 1. The number of anilines is 1. The Hall–Kier alpha value is -1.73. The second-order valence-corrected chi connectivity index (χ2v) is 7.80. The molecule has 2 N–H and O–H groups in total. The summed E-state index contributed by atoms with van der Waals surface area (Å²) in [6.45, 7) is 7.54. The summed E-state index contributed by atoms with van der Waals surface area (Å²) >= 11 is 1.15. The molecule has 1 amide bonds. The number of thiophene rings is 1. The van der Waals surface area contributed by atoms with Gasteiger partial charge in [-0.2, -0.15) is 0 Å². The number of carbonyl (C=O) groups excluding carboxylic acids is 3. The second-order valence-electron chi connectivity index (χ2n) is 6.78. The normalized spacial score (nSPS) is 15.8. The van der Waals surface area contributed by atoms with Crippen molar-refractivity contribution < 1.29 is 24.0 Å². The van der Waals surface area contributed by atoms with Gasteiger partial charge in [-0.25, -0.2) is 4.79 Å². The largest absolute Gasteiger partial charge is 0.462 e. The van der Waals surface area contributed by atoms with Gasteiger partial charge in [0.15, 0.2) is 12.3 Å². The molecule has 1 aromatic rings. The number of hydrogen-bond donors (Lipinski definition) is 2. The number of rotatable bonds is 6. The average Bonchev–Trinajstić information content (AvgIpc) is 2.86. The molecule has 26 heavy (non-hydrogen) atoms.